The lowest BCUT2D eigenvalue weighted by Crippen LogP contribution is -2.40. The minimum Gasteiger partial charge on any atom is -0.324 e. The van der Waals surface area contributed by atoms with Crippen molar-refractivity contribution >= 4 is 35.0 Å². The third-order valence-electron chi connectivity index (χ3n) is 4.62. The SMILES string of the molecule is C[C@H]1CC(=O)Nc2ccccc2N1C(=O)CSC1CCCCC1. The van der Waals surface area contributed by atoms with E-state index >= 15 is 0 Å². The molecule has 1 N–H and O–H groups in total. The van der Waals surface area contributed by atoms with Crippen LogP contribution in [-0.2, 0) is 9.59 Å². The van der Waals surface area contributed by atoms with E-state index in [1.54, 1.807) is 11.8 Å². The van der Waals surface area contributed by atoms with Crippen LogP contribution in [0.2, 0.25) is 0 Å². The van der Waals surface area contributed by atoms with Crippen molar-refractivity contribution in [2.75, 3.05) is 16.0 Å². The van der Waals surface area contributed by atoms with Crippen molar-refractivity contribution < 1.29 is 9.59 Å². The molecule has 1 aliphatic carbocycles. The summed E-state index contributed by atoms with van der Waals surface area (Å²) in [7, 11) is 0. The Hall–Kier alpha value is -1.49. The maximum atomic E-state index is 12.8. The number of rotatable bonds is 3. The molecule has 1 fully saturated rings. The maximum Gasteiger partial charge on any atom is 0.237 e. The number of carbonyl (C=O) groups is 2. The van der Waals surface area contributed by atoms with Crippen LogP contribution in [0.4, 0.5) is 11.4 Å². The molecule has 0 saturated heterocycles. The number of hydrogen-bond acceptors (Lipinski definition) is 3. The van der Waals surface area contributed by atoms with Gasteiger partial charge in [0.1, 0.15) is 0 Å². The van der Waals surface area contributed by atoms with Crippen LogP contribution < -0.4 is 10.2 Å². The van der Waals surface area contributed by atoms with Gasteiger partial charge in [-0.2, -0.15) is 0 Å². The zero-order valence-electron chi connectivity index (χ0n) is 13.6. The van der Waals surface area contributed by atoms with Gasteiger partial charge < -0.3 is 10.2 Å². The quantitative estimate of drug-likeness (QED) is 0.915. The zero-order valence-corrected chi connectivity index (χ0v) is 14.4. The van der Waals surface area contributed by atoms with Gasteiger partial charge in [-0.05, 0) is 31.9 Å². The third kappa shape index (κ3) is 3.89. The summed E-state index contributed by atoms with van der Waals surface area (Å²) in [5.41, 5.74) is 1.55. The smallest absolute Gasteiger partial charge is 0.237 e. The molecular formula is C18H24N2O2S. The van der Waals surface area contributed by atoms with Gasteiger partial charge in [-0.3, -0.25) is 9.59 Å². The van der Waals surface area contributed by atoms with E-state index in [9.17, 15) is 9.59 Å². The van der Waals surface area contributed by atoms with Crippen molar-refractivity contribution in [1.82, 2.24) is 0 Å². The molecule has 3 rings (SSSR count). The second-order valence-corrected chi connectivity index (χ2v) is 7.74. The van der Waals surface area contributed by atoms with Crippen molar-refractivity contribution in [2.45, 2.75) is 56.7 Å². The van der Waals surface area contributed by atoms with Gasteiger partial charge in [-0.15, -0.1) is 11.8 Å². The standard InChI is InChI=1S/C18H24N2O2S/c1-13-11-17(21)19-15-9-5-6-10-16(15)20(13)18(22)12-23-14-7-3-2-4-8-14/h5-6,9-10,13-14H,2-4,7-8,11-12H2,1H3,(H,19,21)/t13-/m0/s1. The highest BCUT2D eigenvalue weighted by Gasteiger charge is 2.29. The molecule has 0 unspecified atom stereocenters. The van der Waals surface area contributed by atoms with Gasteiger partial charge >= 0.3 is 0 Å². The van der Waals surface area contributed by atoms with Gasteiger partial charge in [0.25, 0.3) is 0 Å². The highest BCUT2D eigenvalue weighted by Crippen LogP contribution is 2.33. The van der Waals surface area contributed by atoms with Crippen LogP contribution in [0.1, 0.15) is 45.4 Å². The number of benzene rings is 1. The van der Waals surface area contributed by atoms with Gasteiger partial charge in [-0.25, -0.2) is 0 Å². The second-order valence-electron chi connectivity index (χ2n) is 6.45. The number of nitrogens with zero attached hydrogens (tertiary/aromatic N) is 1. The Morgan fingerprint density at radius 1 is 1.26 bits per heavy atom. The lowest BCUT2D eigenvalue weighted by Gasteiger charge is -2.29. The molecular weight excluding hydrogens is 308 g/mol. The first-order valence-electron chi connectivity index (χ1n) is 8.47. The average molecular weight is 332 g/mol. The minimum absolute atomic E-state index is 0.0276. The summed E-state index contributed by atoms with van der Waals surface area (Å²) in [6, 6.07) is 7.46. The molecule has 1 saturated carbocycles. The van der Waals surface area contributed by atoms with Crippen LogP contribution >= 0.6 is 11.8 Å². The van der Waals surface area contributed by atoms with Crippen LogP contribution in [0.15, 0.2) is 24.3 Å². The van der Waals surface area contributed by atoms with Gasteiger partial charge in [0.2, 0.25) is 11.8 Å². The molecule has 0 radical (unpaired) electrons. The number of carbonyl (C=O) groups excluding carboxylic acids is 2. The molecule has 1 heterocycles. The first kappa shape index (κ1) is 16.4. The largest absolute Gasteiger partial charge is 0.324 e. The highest BCUT2D eigenvalue weighted by molar-refractivity contribution is 8.00. The molecule has 0 aromatic heterocycles. The van der Waals surface area contributed by atoms with E-state index in [-0.39, 0.29) is 17.9 Å². The van der Waals surface area contributed by atoms with Gasteiger partial charge in [0, 0.05) is 17.7 Å². The van der Waals surface area contributed by atoms with Crippen LogP contribution in [0.5, 0.6) is 0 Å². The lowest BCUT2D eigenvalue weighted by molar-refractivity contribution is -0.117. The number of anilines is 2. The molecule has 124 valence electrons. The summed E-state index contributed by atoms with van der Waals surface area (Å²) in [5, 5.41) is 3.52. The minimum atomic E-state index is -0.113. The zero-order chi connectivity index (χ0) is 16.2. The van der Waals surface area contributed by atoms with E-state index in [1.165, 1.54) is 32.1 Å². The van der Waals surface area contributed by atoms with Crippen LogP contribution in [0.25, 0.3) is 0 Å². The van der Waals surface area contributed by atoms with Crippen LogP contribution in [-0.4, -0.2) is 28.9 Å². The number of para-hydroxylation sites is 2. The highest BCUT2D eigenvalue weighted by atomic mass is 32.2. The Bertz CT molecular complexity index is 584. The molecule has 23 heavy (non-hydrogen) atoms. The molecule has 1 aromatic rings. The molecule has 2 aliphatic rings. The molecule has 1 aliphatic heterocycles. The van der Waals surface area contributed by atoms with E-state index in [0.29, 0.717) is 17.4 Å². The van der Waals surface area contributed by atoms with Gasteiger partial charge in [-0.1, -0.05) is 31.4 Å². The molecule has 5 heteroatoms. The summed E-state index contributed by atoms with van der Waals surface area (Å²) in [5.74, 6) is 0.578. The molecule has 1 aromatic carbocycles. The number of thioether (sulfide) groups is 1. The number of nitrogens with one attached hydrogen (secondary N) is 1. The fourth-order valence-corrected chi connectivity index (χ4v) is 4.64. The van der Waals surface area contributed by atoms with E-state index in [1.807, 2.05) is 36.1 Å². The fourth-order valence-electron chi connectivity index (χ4n) is 3.46. The number of hydrogen-bond donors (Lipinski definition) is 1. The topological polar surface area (TPSA) is 49.4 Å². The Kier molecular flexibility index (Phi) is 5.26. The van der Waals surface area contributed by atoms with Crippen molar-refractivity contribution in [3.05, 3.63) is 24.3 Å². The van der Waals surface area contributed by atoms with Crippen molar-refractivity contribution in [3.8, 4) is 0 Å². The normalized spacial score (nSPS) is 22.2. The molecule has 1 atom stereocenters. The summed E-state index contributed by atoms with van der Waals surface area (Å²) in [6.07, 6.45) is 6.69. The Balaban J connectivity index is 1.73. The van der Waals surface area contributed by atoms with Gasteiger partial charge in [0.05, 0.1) is 17.1 Å². The second kappa shape index (κ2) is 7.39. The van der Waals surface area contributed by atoms with Crippen molar-refractivity contribution in [2.24, 2.45) is 0 Å². The summed E-state index contributed by atoms with van der Waals surface area (Å²) < 4.78 is 0. The Labute approximate surface area is 142 Å². The Morgan fingerprint density at radius 2 is 2.00 bits per heavy atom. The molecule has 0 bridgehead atoms. The first-order valence-corrected chi connectivity index (χ1v) is 9.52. The maximum absolute atomic E-state index is 12.8. The average Bonchev–Trinajstić information content (AvgIpc) is 2.68. The van der Waals surface area contributed by atoms with E-state index < -0.39 is 0 Å². The van der Waals surface area contributed by atoms with Gasteiger partial charge in [0.15, 0.2) is 0 Å². The van der Waals surface area contributed by atoms with Crippen molar-refractivity contribution in [1.29, 1.82) is 0 Å². The lowest BCUT2D eigenvalue weighted by atomic mass is 10.0. The molecule has 2 amide bonds. The predicted molar refractivity (Wildman–Crippen MR) is 96.0 cm³/mol. The first-order chi connectivity index (χ1) is 11.1. The predicted octanol–water partition coefficient (Wildman–Crippen LogP) is 3.82. The summed E-state index contributed by atoms with van der Waals surface area (Å²) in [4.78, 5) is 26.6. The monoisotopic (exact) mass is 332 g/mol. The summed E-state index contributed by atoms with van der Waals surface area (Å²) >= 11 is 1.79. The third-order valence-corrected chi connectivity index (χ3v) is 5.98. The Morgan fingerprint density at radius 3 is 2.78 bits per heavy atom. The van der Waals surface area contributed by atoms with Crippen molar-refractivity contribution in [3.63, 3.8) is 0 Å². The van der Waals surface area contributed by atoms with E-state index in [2.05, 4.69) is 5.32 Å². The van der Waals surface area contributed by atoms with E-state index in [4.69, 9.17) is 0 Å². The molecule has 0 spiro atoms. The summed E-state index contributed by atoms with van der Waals surface area (Å²) in [6.45, 7) is 1.95. The molecule has 4 nitrogen and oxygen atoms in total. The van der Waals surface area contributed by atoms with E-state index in [0.717, 1.165) is 11.4 Å². The fraction of sp³-hybridized carbons (Fsp3) is 0.556. The van der Waals surface area contributed by atoms with Crippen LogP contribution in [0.3, 0.4) is 0 Å². The van der Waals surface area contributed by atoms with Crippen LogP contribution in [0, 0.1) is 0 Å². The number of fused-ring (bicyclic) bond motifs is 1. The number of amides is 2.